The van der Waals surface area contributed by atoms with E-state index in [1.165, 1.54) is 18.2 Å². The molecule has 0 radical (unpaired) electrons. The number of anilines is 1. The zero-order chi connectivity index (χ0) is 32.0. The lowest BCUT2D eigenvalue weighted by atomic mass is 9.95. The van der Waals surface area contributed by atoms with Gasteiger partial charge in [-0.1, -0.05) is 17.7 Å². The number of nitrogens with one attached hydrogen (secondary N) is 1. The molecule has 8 nitrogen and oxygen atoms in total. The van der Waals surface area contributed by atoms with Gasteiger partial charge in [-0.05, 0) is 55.3 Å². The van der Waals surface area contributed by atoms with Gasteiger partial charge in [0.05, 0.1) is 24.8 Å². The smallest absolute Gasteiger partial charge is 0.319 e. The predicted octanol–water partition coefficient (Wildman–Crippen LogP) is 5.90. The van der Waals surface area contributed by atoms with E-state index in [-0.39, 0.29) is 49.6 Å². The number of halogens is 4. The Hall–Kier alpha value is -3.38. The number of phenols is 1. The van der Waals surface area contributed by atoms with E-state index < -0.39 is 17.5 Å². The van der Waals surface area contributed by atoms with Crippen molar-refractivity contribution in [3.05, 3.63) is 52.8 Å². The summed E-state index contributed by atoms with van der Waals surface area (Å²) < 4.78 is 58.6. The molecule has 47 heavy (non-hydrogen) atoms. The van der Waals surface area contributed by atoms with Crippen LogP contribution in [0.15, 0.2) is 30.3 Å². The summed E-state index contributed by atoms with van der Waals surface area (Å²) in [6, 6.07) is 7.05. The molecule has 1 saturated carbocycles. The normalized spacial score (nSPS) is 26.4. The largest absolute Gasteiger partial charge is 0.508 e. The number of piperazine rings is 1. The summed E-state index contributed by atoms with van der Waals surface area (Å²) in [5.74, 6) is -1.56. The molecule has 2 N–H and O–H groups in total. The van der Waals surface area contributed by atoms with Gasteiger partial charge in [-0.15, -0.1) is 0 Å². The number of benzene rings is 3. The molecule has 0 spiro atoms. The first-order valence-corrected chi connectivity index (χ1v) is 16.9. The van der Waals surface area contributed by atoms with Crippen LogP contribution in [0.2, 0.25) is 5.02 Å². The molecule has 1 aromatic heterocycles. The van der Waals surface area contributed by atoms with Crippen molar-refractivity contribution in [1.29, 1.82) is 0 Å². The summed E-state index contributed by atoms with van der Waals surface area (Å²) in [7, 11) is 0. The Labute approximate surface area is 274 Å². The number of aromatic hydroxyl groups is 1. The van der Waals surface area contributed by atoms with Crippen molar-refractivity contribution in [1.82, 2.24) is 20.2 Å². The average molecular weight is 666 g/mol. The average Bonchev–Trinajstić information content (AvgIpc) is 3.29. The van der Waals surface area contributed by atoms with Gasteiger partial charge in [0.1, 0.15) is 17.1 Å². The van der Waals surface area contributed by atoms with Crippen molar-refractivity contribution in [2.24, 2.45) is 17.3 Å². The topological polar surface area (TPSA) is 83.0 Å². The third kappa shape index (κ3) is 5.17. The molecular weight excluding hydrogens is 631 g/mol. The molecular formula is C35H35ClF3N5O3. The van der Waals surface area contributed by atoms with Crippen LogP contribution in [0.3, 0.4) is 0 Å². The second-order valence-corrected chi connectivity index (χ2v) is 14.7. The fourth-order valence-corrected chi connectivity index (χ4v) is 8.68. The zero-order valence-electron chi connectivity index (χ0n) is 25.7. The second kappa shape index (κ2) is 11.1. The Balaban J connectivity index is 1.12. The maximum Gasteiger partial charge on any atom is 0.319 e. The SMILES string of the molecule is Oc1cc(-c2c(Cl)cc3c(N4CC5CCC(C4)N5)nc(OCC4(CN5C[C@H]6COC[C@H]6C5)CC4)nc3c2F)c2c(F)c(F)ccc2c1. The second-order valence-electron chi connectivity index (χ2n) is 14.3. The molecule has 0 amide bonds. The fourth-order valence-electron chi connectivity index (χ4n) is 8.39. The molecule has 4 aliphatic heterocycles. The van der Waals surface area contributed by atoms with Crippen molar-refractivity contribution in [2.75, 3.05) is 57.4 Å². The molecule has 1 aliphatic carbocycles. The number of rotatable bonds is 7. The summed E-state index contributed by atoms with van der Waals surface area (Å²) in [6.07, 6.45) is 4.17. The number of likely N-dealkylation sites (tertiary alicyclic amines) is 1. The minimum atomic E-state index is -1.15. The standard InChI is InChI=1S/C35H35ClF3N5O3/c36-26-9-25-32(31(39)29(26)24-8-23(45)7-18-1-4-27(37)30(38)28(18)24)41-34(42-33(25)44-12-21-2-3-22(13-44)40-21)47-17-35(5-6-35)16-43-10-19-14-46-15-20(19)11-43/h1,4,7-9,19-22,40,45H,2-3,5-6,10-17H2/t19-,20+,21?,22?. The Bertz CT molecular complexity index is 1900. The van der Waals surface area contributed by atoms with Crippen LogP contribution in [0, 0.1) is 34.7 Å². The number of aromatic nitrogens is 2. The molecule has 3 aromatic carbocycles. The van der Waals surface area contributed by atoms with Crippen LogP contribution in [-0.4, -0.2) is 84.6 Å². The first-order chi connectivity index (χ1) is 22.7. The Kier molecular flexibility index (Phi) is 7.01. The van der Waals surface area contributed by atoms with Crippen LogP contribution in [0.4, 0.5) is 19.0 Å². The van der Waals surface area contributed by atoms with Crippen molar-refractivity contribution < 1.29 is 27.8 Å². The zero-order valence-corrected chi connectivity index (χ0v) is 26.5. The summed E-state index contributed by atoms with van der Waals surface area (Å²) in [5, 5.41) is 14.5. The van der Waals surface area contributed by atoms with Crippen molar-refractivity contribution in [3.63, 3.8) is 0 Å². The molecule has 4 atom stereocenters. The maximum absolute atomic E-state index is 16.9. The van der Waals surface area contributed by atoms with Crippen LogP contribution in [0.25, 0.3) is 32.8 Å². The lowest BCUT2D eigenvalue weighted by Gasteiger charge is -2.34. The van der Waals surface area contributed by atoms with Gasteiger partial charge in [0, 0.05) is 84.0 Å². The Morgan fingerprint density at radius 1 is 0.979 bits per heavy atom. The third-order valence-corrected chi connectivity index (χ3v) is 11.3. The minimum absolute atomic E-state index is 0.00207. The predicted molar refractivity (Wildman–Crippen MR) is 173 cm³/mol. The Morgan fingerprint density at radius 3 is 2.45 bits per heavy atom. The van der Waals surface area contributed by atoms with E-state index in [2.05, 4.69) is 20.1 Å². The number of nitrogens with zero attached hydrogens (tertiary/aromatic N) is 4. The molecule has 246 valence electrons. The van der Waals surface area contributed by atoms with E-state index in [9.17, 15) is 9.50 Å². The third-order valence-electron chi connectivity index (χ3n) is 11.0. The van der Waals surface area contributed by atoms with Crippen LogP contribution in [0.5, 0.6) is 11.8 Å². The van der Waals surface area contributed by atoms with Gasteiger partial charge < -0.3 is 29.7 Å². The van der Waals surface area contributed by atoms with Gasteiger partial charge in [-0.2, -0.15) is 9.97 Å². The molecule has 5 fully saturated rings. The first kappa shape index (κ1) is 29.7. The number of ether oxygens (including phenoxy) is 2. The lowest BCUT2D eigenvalue weighted by molar-refractivity contribution is 0.131. The quantitative estimate of drug-likeness (QED) is 0.253. The maximum atomic E-state index is 16.9. The van der Waals surface area contributed by atoms with E-state index in [4.69, 9.17) is 26.1 Å². The van der Waals surface area contributed by atoms with E-state index in [1.54, 1.807) is 6.07 Å². The van der Waals surface area contributed by atoms with Crippen LogP contribution in [-0.2, 0) is 4.74 Å². The summed E-state index contributed by atoms with van der Waals surface area (Å²) in [4.78, 5) is 14.1. The molecule has 9 rings (SSSR count). The van der Waals surface area contributed by atoms with Gasteiger partial charge in [0.25, 0.3) is 0 Å². The molecule has 4 saturated heterocycles. The van der Waals surface area contributed by atoms with Crippen LogP contribution >= 0.6 is 11.6 Å². The number of fused-ring (bicyclic) bond motifs is 5. The highest BCUT2D eigenvalue weighted by molar-refractivity contribution is 6.35. The van der Waals surface area contributed by atoms with Crippen LogP contribution in [0.1, 0.15) is 25.7 Å². The monoisotopic (exact) mass is 665 g/mol. The van der Waals surface area contributed by atoms with Gasteiger partial charge in [-0.25, -0.2) is 13.2 Å². The molecule has 5 heterocycles. The van der Waals surface area contributed by atoms with Gasteiger partial charge >= 0.3 is 6.01 Å². The van der Waals surface area contributed by atoms with E-state index in [1.807, 2.05) is 0 Å². The van der Waals surface area contributed by atoms with E-state index >= 15 is 8.78 Å². The molecule has 12 heteroatoms. The van der Waals surface area contributed by atoms with Crippen molar-refractivity contribution in [3.8, 4) is 22.9 Å². The highest BCUT2D eigenvalue weighted by Gasteiger charge is 2.48. The number of hydrogen-bond donors (Lipinski definition) is 2. The van der Waals surface area contributed by atoms with E-state index in [0.717, 1.165) is 64.6 Å². The first-order valence-electron chi connectivity index (χ1n) is 16.5. The van der Waals surface area contributed by atoms with Crippen molar-refractivity contribution in [2.45, 2.75) is 37.8 Å². The van der Waals surface area contributed by atoms with Gasteiger partial charge in [0.2, 0.25) is 0 Å². The van der Waals surface area contributed by atoms with Gasteiger partial charge in [-0.3, -0.25) is 0 Å². The lowest BCUT2D eigenvalue weighted by Crippen LogP contribution is -2.51. The Morgan fingerprint density at radius 2 is 1.72 bits per heavy atom. The molecule has 5 aliphatic rings. The summed E-state index contributed by atoms with van der Waals surface area (Å²) in [5.41, 5.74) is -0.275. The van der Waals surface area contributed by atoms with Gasteiger partial charge in [0.15, 0.2) is 17.5 Å². The number of phenolic OH excluding ortho intramolecular Hbond substituents is 1. The summed E-state index contributed by atoms with van der Waals surface area (Å²) in [6.45, 7) is 6.48. The van der Waals surface area contributed by atoms with E-state index in [0.29, 0.717) is 54.8 Å². The molecule has 2 bridgehead atoms. The molecule has 2 unspecified atom stereocenters. The highest BCUT2D eigenvalue weighted by Crippen LogP contribution is 2.48. The van der Waals surface area contributed by atoms with Crippen molar-refractivity contribution >= 4 is 39.1 Å². The minimum Gasteiger partial charge on any atom is -0.508 e. The van der Waals surface area contributed by atoms with Crippen LogP contribution < -0.4 is 15.0 Å². The summed E-state index contributed by atoms with van der Waals surface area (Å²) >= 11 is 6.79. The fraction of sp³-hybridized carbons (Fsp3) is 0.486. The highest BCUT2D eigenvalue weighted by atomic mass is 35.5. The molecule has 4 aromatic rings. The number of hydrogen-bond acceptors (Lipinski definition) is 8.